The number of piperidine rings is 1. The maximum Gasteiger partial charge on any atom is 0.410 e. The van der Waals surface area contributed by atoms with Crippen molar-refractivity contribution >= 4 is 29.6 Å². The zero-order chi connectivity index (χ0) is 23.5. The second kappa shape index (κ2) is 9.53. The number of nitrogens with one attached hydrogen (secondary N) is 1. The Morgan fingerprint density at radius 2 is 2.09 bits per heavy atom. The minimum absolute atomic E-state index is 0.0383. The van der Waals surface area contributed by atoms with Crippen LogP contribution >= 0.6 is 11.6 Å². The van der Waals surface area contributed by atoms with E-state index in [2.05, 4.69) is 10.3 Å². The van der Waals surface area contributed by atoms with E-state index in [4.69, 9.17) is 25.8 Å². The van der Waals surface area contributed by atoms with Crippen LogP contribution in [0.3, 0.4) is 0 Å². The lowest BCUT2D eigenvalue weighted by molar-refractivity contribution is 0.0663. The van der Waals surface area contributed by atoms with Crippen molar-refractivity contribution in [2.24, 2.45) is 0 Å². The highest BCUT2D eigenvalue weighted by Crippen LogP contribution is 2.31. The van der Waals surface area contributed by atoms with Crippen LogP contribution < -0.4 is 14.8 Å². The van der Waals surface area contributed by atoms with Gasteiger partial charge in [-0.25, -0.2) is 14.6 Å². The third kappa shape index (κ3) is 4.95. The van der Waals surface area contributed by atoms with Crippen LogP contribution in [0, 0.1) is 0 Å². The van der Waals surface area contributed by atoms with Gasteiger partial charge in [0.1, 0.15) is 18.3 Å². The molecular formula is C22H22ClN3O7. The third-order valence-electron chi connectivity index (χ3n) is 5.55. The molecule has 0 saturated carbocycles. The number of hydrogen-bond acceptors (Lipinski definition) is 7. The number of cyclic esters (lactones) is 1. The standard InChI is InChI=1S/C22H22ClN3O7/c1-31-20-16(19(27)24-10-12-2-4-13(23)5-3-12)9-17(18(25-20)21(28)29)33-15-6-7-26-14(8-15)11-32-22(26)30/h2-5,9,14-15H,6-8,10-11H2,1H3,(H,24,27)(H,28,29)/t14-,15-/m0/s1. The van der Waals surface area contributed by atoms with Crippen molar-refractivity contribution in [1.29, 1.82) is 0 Å². The molecule has 2 aliphatic heterocycles. The van der Waals surface area contributed by atoms with Gasteiger partial charge >= 0.3 is 12.1 Å². The third-order valence-corrected chi connectivity index (χ3v) is 5.81. The van der Waals surface area contributed by atoms with Crippen LogP contribution in [0.4, 0.5) is 4.79 Å². The van der Waals surface area contributed by atoms with Crippen LogP contribution in [0.1, 0.15) is 39.3 Å². The van der Waals surface area contributed by atoms with E-state index in [1.54, 1.807) is 29.2 Å². The lowest BCUT2D eigenvalue weighted by Gasteiger charge is -2.32. The molecule has 0 aliphatic carbocycles. The van der Waals surface area contributed by atoms with Gasteiger partial charge in [-0.3, -0.25) is 4.79 Å². The number of carbonyl (C=O) groups excluding carboxylic acids is 2. The zero-order valence-electron chi connectivity index (χ0n) is 17.7. The molecule has 0 spiro atoms. The normalized spacial score (nSPS) is 19.5. The van der Waals surface area contributed by atoms with Gasteiger partial charge in [-0.1, -0.05) is 23.7 Å². The van der Waals surface area contributed by atoms with Crippen molar-refractivity contribution in [3.63, 3.8) is 0 Å². The van der Waals surface area contributed by atoms with Gasteiger partial charge in [0.05, 0.1) is 13.2 Å². The first-order valence-corrected chi connectivity index (χ1v) is 10.7. The topological polar surface area (TPSA) is 127 Å². The summed E-state index contributed by atoms with van der Waals surface area (Å²) in [5.74, 6) is -1.98. The molecule has 0 bridgehead atoms. The minimum Gasteiger partial charge on any atom is -0.488 e. The number of aromatic carboxylic acids is 1. The molecule has 2 atom stereocenters. The molecule has 0 radical (unpaired) electrons. The quantitative estimate of drug-likeness (QED) is 0.625. The molecule has 1 aromatic heterocycles. The summed E-state index contributed by atoms with van der Waals surface area (Å²) in [6, 6.07) is 8.20. The van der Waals surface area contributed by atoms with Gasteiger partial charge in [0.25, 0.3) is 5.91 Å². The molecule has 3 heterocycles. The van der Waals surface area contributed by atoms with E-state index in [9.17, 15) is 19.5 Å². The molecule has 2 fully saturated rings. The van der Waals surface area contributed by atoms with Crippen LogP contribution in [-0.2, 0) is 11.3 Å². The van der Waals surface area contributed by atoms with Crippen molar-refractivity contribution in [1.82, 2.24) is 15.2 Å². The lowest BCUT2D eigenvalue weighted by atomic mass is 10.0. The summed E-state index contributed by atoms with van der Waals surface area (Å²) < 4.78 is 16.2. The lowest BCUT2D eigenvalue weighted by Crippen LogP contribution is -2.44. The Hall–Kier alpha value is -3.53. The van der Waals surface area contributed by atoms with E-state index in [0.717, 1.165) is 5.56 Å². The molecule has 10 nitrogen and oxygen atoms in total. The molecule has 2 N–H and O–H groups in total. The van der Waals surface area contributed by atoms with Crippen LogP contribution in [-0.4, -0.2) is 65.4 Å². The monoisotopic (exact) mass is 475 g/mol. The van der Waals surface area contributed by atoms with E-state index in [-0.39, 0.29) is 54.3 Å². The fourth-order valence-electron chi connectivity index (χ4n) is 3.87. The van der Waals surface area contributed by atoms with Gasteiger partial charge in [0.15, 0.2) is 11.4 Å². The highest BCUT2D eigenvalue weighted by molar-refractivity contribution is 6.30. The first-order valence-electron chi connectivity index (χ1n) is 10.3. The second-order valence-corrected chi connectivity index (χ2v) is 8.13. The van der Waals surface area contributed by atoms with Crippen LogP contribution in [0.15, 0.2) is 30.3 Å². The number of rotatable bonds is 7. The number of benzene rings is 1. The van der Waals surface area contributed by atoms with Gasteiger partial charge in [-0.15, -0.1) is 0 Å². The Balaban J connectivity index is 1.54. The number of aromatic nitrogens is 1. The fraction of sp³-hybridized carbons (Fsp3) is 0.364. The molecule has 11 heteroatoms. The summed E-state index contributed by atoms with van der Waals surface area (Å²) >= 11 is 5.88. The van der Waals surface area contributed by atoms with E-state index in [0.29, 0.717) is 24.4 Å². The average molecular weight is 476 g/mol. The maximum atomic E-state index is 12.9. The van der Waals surface area contributed by atoms with Crippen molar-refractivity contribution < 1.29 is 33.7 Å². The second-order valence-electron chi connectivity index (χ2n) is 7.69. The molecule has 2 aliphatic rings. The van der Waals surface area contributed by atoms with E-state index < -0.39 is 11.9 Å². The highest BCUT2D eigenvalue weighted by Gasteiger charge is 2.39. The largest absolute Gasteiger partial charge is 0.488 e. The predicted octanol–water partition coefficient (Wildman–Crippen LogP) is 2.73. The SMILES string of the molecule is COc1nc(C(=O)O)c(O[C@H]2CCN3C(=O)OC[C@@H]3C2)cc1C(=O)NCc1ccc(Cl)cc1. The molecular weight excluding hydrogens is 454 g/mol. The molecule has 2 aromatic rings. The number of carboxylic acid groups (broad SMARTS) is 1. The summed E-state index contributed by atoms with van der Waals surface area (Å²) in [5.41, 5.74) is 0.518. The Labute approximate surface area is 194 Å². The summed E-state index contributed by atoms with van der Waals surface area (Å²) in [5, 5.41) is 13.0. The number of halogens is 1. The van der Waals surface area contributed by atoms with Gasteiger partial charge < -0.3 is 29.5 Å². The first-order chi connectivity index (χ1) is 15.9. The molecule has 2 amide bonds. The summed E-state index contributed by atoms with van der Waals surface area (Å²) in [4.78, 5) is 42.0. The maximum absolute atomic E-state index is 12.9. The summed E-state index contributed by atoms with van der Waals surface area (Å²) in [6.45, 7) is 0.933. The first kappa shape index (κ1) is 22.7. The molecule has 0 unspecified atom stereocenters. The van der Waals surface area contributed by atoms with Crippen molar-refractivity contribution in [3.8, 4) is 11.6 Å². The van der Waals surface area contributed by atoms with Gasteiger partial charge in [-0.2, -0.15) is 0 Å². The average Bonchev–Trinajstić information content (AvgIpc) is 3.18. The number of hydrogen-bond donors (Lipinski definition) is 2. The number of nitrogens with zero attached hydrogens (tertiary/aromatic N) is 2. The van der Waals surface area contributed by atoms with Gasteiger partial charge in [0.2, 0.25) is 5.88 Å². The Morgan fingerprint density at radius 3 is 2.79 bits per heavy atom. The van der Waals surface area contributed by atoms with Gasteiger partial charge in [0, 0.05) is 37.0 Å². The summed E-state index contributed by atoms with van der Waals surface area (Å²) in [7, 11) is 1.30. The number of methoxy groups -OCH3 is 1. The van der Waals surface area contributed by atoms with Crippen LogP contribution in [0.5, 0.6) is 11.6 Å². The molecule has 4 rings (SSSR count). The van der Waals surface area contributed by atoms with E-state index >= 15 is 0 Å². The number of pyridine rings is 1. The Morgan fingerprint density at radius 1 is 1.33 bits per heavy atom. The van der Waals surface area contributed by atoms with Crippen molar-refractivity contribution in [2.45, 2.75) is 31.5 Å². The smallest absolute Gasteiger partial charge is 0.410 e. The fourth-order valence-corrected chi connectivity index (χ4v) is 3.99. The number of amides is 2. The van der Waals surface area contributed by atoms with Crippen LogP contribution in [0.2, 0.25) is 5.02 Å². The molecule has 1 aromatic carbocycles. The summed E-state index contributed by atoms with van der Waals surface area (Å²) in [6.07, 6.45) is 0.262. The number of fused-ring (bicyclic) bond motifs is 1. The number of carboxylic acids is 1. The molecule has 174 valence electrons. The van der Waals surface area contributed by atoms with Crippen molar-refractivity contribution in [3.05, 3.63) is 52.2 Å². The highest BCUT2D eigenvalue weighted by atomic mass is 35.5. The predicted molar refractivity (Wildman–Crippen MR) is 116 cm³/mol. The Kier molecular flexibility index (Phi) is 6.55. The molecule has 2 saturated heterocycles. The van der Waals surface area contributed by atoms with Gasteiger partial charge in [-0.05, 0) is 17.7 Å². The Bertz CT molecular complexity index is 1080. The van der Waals surface area contributed by atoms with E-state index in [1.165, 1.54) is 13.2 Å². The van der Waals surface area contributed by atoms with Crippen molar-refractivity contribution in [2.75, 3.05) is 20.3 Å². The van der Waals surface area contributed by atoms with E-state index in [1.807, 2.05) is 0 Å². The number of carbonyl (C=O) groups is 3. The number of ether oxygens (including phenoxy) is 3. The van der Waals surface area contributed by atoms with Crippen LogP contribution in [0.25, 0.3) is 0 Å². The zero-order valence-corrected chi connectivity index (χ0v) is 18.5. The minimum atomic E-state index is -1.31. The molecule has 33 heavy (non-hydrogen) atoms.